The first-order valence-electron chi connectivity index (χ1n) is 13.0. The summed E-state index contributed by atoms with van der Waals surface area (Å²) in [7, 11) is 0. The van der Waals surface area contributed by atoms with E-state index in [1.54, 1.807) is 4.68 Å². The number of likely N-dealkylation sites (tertiary alicyclic amines) is 1. The van der Waals surface area contributed by atoms with E-state index in [-0.39, 0.29) is 41.0 Å². The third-order valence-corrected chi connectivity index (χ3v) is 7.72. The van der Waals surface area contributed by atoms with Crippen LogP contribution >= 0.6 is 0 Å². The maximum absolute atomic E-state index is 14.8. The molecular weight excluding hydrogens is 485 g/mol. The predicted octanol–water partition coefficient (Wildman–Crippen LogP) is 4.49. The average molecular weight is 519 g/mol. The van der Waals surface area contributed by atoms with Gasteiger partial charge in [0.2, 0.25) is 11.8 Å². The zero-order valence-electron chi connectivity index (χ0n) is 21.4. The molecule has 0 bridgehead atoms. The van der Waals surface area contributed by atoms with Crippen molar-refractivity contribution in [3.63, 3.8) is 0 Å². The van der Waals surface area contributed by atoms with Crippen LogP contribution in [0.4, 0.5) is 13.2 Å². The van der Waals surface area contributed by atoms with E-state index < -0.39 is 18.0 Å². The maximum Gasteiger partial charge on any atom is 0.387 e. The number of benzene rings is 1. The van der Waals surface area contributed by atoms with Crippen molar-refractivity contribution in [2.45, 2.75) is 77.5 Å². The van der Waals surface area contributed by atoms with Gasteiger partial charge in [-0.1, -0.05) is 0 Å². The first kappa shape index (κ1) is 25.6. The molecular formula is C27H33F3N4O3. The molecule has 1 aromatic heterocycles. The number of carbonyl (C=O) groups is 2. The molecule has 1 saturated carbocycles. The number of fused-ring (bicyclic) bond motifs is 1. The highest BCUT2D eigenvalue weighted by Gasteiger charge is 2.43. The summed E-state index contributed by atoms with van der Waals surface area (Å²) < 4.78 is 46.6. The van der Waals surface area contributed by atoms with Gasteiger partial charge in [0.05, 0.1) is 11.2 Å². The summed E-state index contributed by atoms with van der Waals surface area (Å²) in [6.45, 7) is 4.07. The number of amides is 2. The Kier molecular flexibility index (Phi) is 6.70. The van der Waals surface area contributed by atoms with Crippen molar-refractivity contribution in [2.24, 2.45) is 11.8 Å². The zero-order valence-corrected chi connectivity index (χ0v) is 21.4. The SMILES string of the molecule is CC(C)n1nc(-c2cc(OC(F)F)ccc2F)c2c1C[C@H](C(=O)NC1(C)CCN(C(=O)C3CC3)C1)CC2. The maximum atomic E-state index is 14.8. The van der Waals surface area contributed by atoms with Crippen LogP contribution in [0.1, 0.15) is 63.8 Å². The Bertz CT molecular complexity index is 1210. The molecule has 2 aromatic rings. The van der Waals surface area contributed by atoms with E-state index in [1.165, 1.54) is 12.1 Å². The van der Waals surface area contributed by atoms with Gasteiger partial charge < -0.3 is 15.0 Å². The van der Waals surface area contributed by atoms with Gasteiger partial charge in [0, 0.05) is 54.2 Å². The summed E-state index contributed by atoms with van der Waals surface area (Å²) >= 11 is 0. The summed E-state index contributed by atoms with van der Waals surface area (Å²) in [6, 6.07) is 3.48. The van der Waals surface area contributed by atoms with Gasteiger partial charge in [0.1, 0.15) is 11.6 Å². The molecule has 0 radical (unpaired) electrons. The number of halogens is 3. The van der Waals surface area contributed by atoms with Gasteiger partial charge >= 0.3 is 6.61 Å². The molecule has 7 nitrogen and oxygen atoms in total. The van der Waals surface area contributed by atoms with Gasteiger partial charge in [0.15, 0.2) is 0 Å². The number of carbonyl (C=O) groups excluding carboxylic acids is 2. The third-order valence-electron chi connectivity index (χ3n) is 7.72. The quantitative estimate of drug-likeness (QED) is 0.586. The van der Waals surface area contributed by atoms with Crippen LogP contribution in [-0.2, 0) is 22.4 Å². The molecule has 0 spiro atoms. The smallest absolute Gasteiger partial charge is 0.387 e. The first-order chi connectivity index (χ1) is 17.5. The summed E-state index contributed by atoms with van der Waals surface area (Å²) in [5, 5.41) is 7.87. The second kappa shape index (κ2) is 9.68. The molecule has 2 fully saturated rings. The number of aromatic nitrogens is 2. The van der Waals surface area contributed by atoms with Crippen LogP contribution in [0.15, 0.2) is 18.2 Å². The fourth-order valence-corrected chi connectivity index (χ4v) is 5.61. The minimum atomic E-state index is -3.01. The number of nitrogens with zero attached hydrogens (tertiary/aromatic N) is 3. The lowest BCUT2D eigenvalue weighted by Crippen LogP contribution is -2.51. The van der Waals surface area contributed by atoms with Crippen molar-refractivity contribution in [3.05, 3.63) is 35.3 Å². The van der Waals surface area contributed by atoms with E-state index in [0.717, 1.165) is 36.6 Å². The number of hydrogen-bond acceptors (Lipinski definition) is 4. The number of hydrogen-bond donors (Lipinski definition) is 1. The Morgan fingerprint density at radius 2 is 1.95 bits per heavy atom. The van der Waals surface area contributed by atoms with Gasteiger partial charge in [-0.3, -0.25) is 14.3 Å². The molecule has 1 saturated heterocycles. The topological polar surface area (TPSA) is 76.5 Å². The molecule has 2 aliphatic carbocycles. The van der Waals surface area contributed by atoms with E-state index in [1.807, 2.05) is 25.7 Å². The molecule has 1 N–H and O–H groups in total. The van der Waals surface area contributed by atoms with Crippen molar-refractivity contribution >= 4 is 11.8 Å². The van der Waals surface area contributed by atoms with Crippen LogP contribution in [-0.4, -0.2) is 51.7 Å². The van der Waals surface area contributed by atoms with Crippen LogP contribution < -0.4 is 10.1 Å². The van der Waals surface area contributed by atoms with E-state index in [0.29, 0.717) is 38.0 Å². The van der Waals surface area contributed by atoms with Crippen LogP contribution in [0.3, 0.4) is 0 Å². The molecule has 2 heterocycles. The Morgan fingerprint density at radius 1 is 1.19 bits per heavy atom. The lowest BCUT2D eigenvalue weighted by molar-refractivity contribution is -0.132. The van der Waals surface area contributed by atoms with Crippen molar-refractivity contribution in [1.29, 1.82) is 0 Å². The largest absolute Gasteiger partial charge is 0.435 e. The Labute approximate surface area is 214 Å². The van der Waals surface area contributed by atoms with Gasteiger partial charge in [-0.05, 0) is 71.1 Å². The number of alkyl halides is 2. The molecule has 1 unspecified atom stereocenters. The number of nitrogens with one attached hydrogen (secondary N) is 1. The summed E-state index contributed by atoms with van der Waals surface area (Å²) in [6.07, 6.45) is 4.16. The van der Waals surface area contributed by atoms with Crippen LogP contribution in [0, 0.1) is 17.7 Å². The van der Waals surface area contributed by atoms with Crippen LogP contribution in [0.5, 0.6) is 5.75 Å². The third kappa shape index (κ3) is 5.20. The van der Waals surface area contributed by atoms with E-state index in [2.05, 4.69) is 15.2 Å². The van der Waals surface area contributed by atoms with Crippen molar-refractivity contribution in [1.82, 2.24) is 20.0 Å². The average Bonchev–Trinajstić information content (AvgIpc) is 3.52. The van der Waals surface area contributed by atoms with Crippen molar-refractivity contribution in [2.75, 3.05) is 13.1 Å². The van der Waals surface area contributed by atoms with Gasteiger partial charge in [-0.25, -0.2) is 4.39 Å². The Hall–Kier alpha value is -3.04. The summed E-state index contributed by atoms with van der Waals surface area (Å²) in [5.41, 5.74) is 1.74. The van der Waals surface area contributed by atoms with Gasteiger partial charge in [-0.15, -0.1) is 0 Å². The van der Waals surface area contributed by atoms with Gasteiger partial charge in [0.25, 0.3) is 0 Å². The van der Waals surface area contributed by atoms with Crippen molar-refractivity contribution in [3.8, 4) is 17.0 Å². The minimum Gasteiger partial charge on any atom is -0.435 e. The Balaban J connectivity index is 1.35. The molecule has 2 atom stereocenters. The van der Waals surface area contributed by atoms with Crippen molar-refractivity contribution < 1.29 is 27.5 Å². The Morgan fingerprint density at radius 3 is 2.62 bits per heavy atom. The van der Waals surface area contributed by atoms with Gasteiger partial charge in [-0.2, -0.15) is 13.9 Å². The molecule has 2 amide bonds. The molecule has 200 valence electrons. The predicted molar refractivity (Wildman–Crippen MR) is 131 cm³/mol. The highest BCUT2D eigenvalue weighted by Crippen LogP contribution is 2.38. The lowest BCUT2D eigenvalue weighted by Gasteiger charge is -2.30. The standard InChI is InChI=1S/C27H33F3N4O3/c1-15(2)34-22-12-17(24(35)31-27(3)10-11-33(14-27)25(36)16-4-5-16)6-8-19(22)23(32-34)20-13-18(37-26(29)30)7-9-21(20)28/h7,9,13,15-17,26H,4-6,8,10-12,14H2,1-3H3,(H,31,35)/t17-,27?/m1/s1. The summed E-state index contributed by atoms with van der Waals surface area (Å²) in [4.78, 5) is 27.7. The van der Waals surface area contributed by atoms with Crippen LogP contribution in [0.2, 0.25) is 0 Å². The monoisotopic (exact) mass is 518 g/mol. The first-order valence-corrected chi connectivity index (χ1v) is 13.0. The number of ether oxygens (including phenoxy) is 1. The zero-order chi connectivity index (χ0) is 26.5. The summed E-state index contributed by atoms with van der Waals surface area (Å²) in [5.74, 6) is -0.677. The fraction of sp³-hybridized carbons (Fsp3) is 0.593. The van der Waals surface area contributed by atoms with E-state index in [9.17, 15) is 22.8 Å². The van der Waals surface area contributed by atoms with E-state index in [4.69, 9.17) is 0 Å². The molecule has 1 aliphatic heterocycles. The molecule has 3 aliphatic rings. The fourth-order valence-electron chi connectivity index (χ4n) is 5.61. The molecule has 5 rings (SSSR count). The molecule has 10 heteroatoms. The second-order valence-corrected chi connectivity index (χ2v) is 11.1. The van der Waals surface area contributed by atoms with E-state index >= 15 is 0 Å². The highest BCUT2D eigenvalue weighted by molar-refractivity contribution is 5.83. The minimum absolute atomic E-state index is 0.0396. The molecule has 1 aromatic carbocycles. The van der Waals surface area contributed by atoms with Crippen LogP contribution in [0.25, 0.3) is 11.3 Å². The number of rotatable bonds is 7. The highest BCUT2D eigenvalue weighted by atomic mass is 19.3. The second-order valence-electron chi connectivity index (χ2n) is 11.1. The molecule has 37 heavy (non-hydrogen) atoms. The normalized spacial score (nSPS) is 23.5. The lowest BCUT2D eigenvalue weighted by atomic mass is 9.84.